The standard InChI is InChI=1S/C17H15N5O4/c18-15-14-11(16(25)20-17(14)26)7-13(24)22(15)10-3-1-9(2-4-10)21-6-5-19-12(23)8-21/h1-4,7H,5-6,8,18H2,(H,19,23)(H,20,25,26). The van der Waals surface area contributed by atoms with E-state index in [2.05, 4.69) is 10.6 Å². The smallest absolute Gasteiger partial charge is 0.262 e. The number of nitrogen functional groups attached to an aromatic ring is 1. The number of hydrogen-bond donors (Lipinski definition) is 3. The van der Waals surface area contributed by atoms with Crippen molar-refractivity contribution in [3.05, 3.63) is 51.8 Å². The lowest BCUT2D eigenvalue weighted by Crippen LogP contribution is -2.47. The number of nitrogens with zero attached hydrogens (tertiary/aromatic N) is 2. The number of anilines is 2. The lowest BCUT2D eigenvalue weighted by Gasteiger charge is -2.28. The Morgan fingerprint density at radius 3 is 2.35 bits per heavy atom. The molecule has 2 aliphatic rings. The summed E-state index contributed by atoms with van der Waals surface area (Å²) in [6.45, 7) is 1.53. The number of fused-ring (bicyclic) bond motifs is 1. The van der Waals surface area contributed by atoms with Crippen molar-refractivity contribution in [3.63, 3.8) is 0 Å². The molecule has 0 spiro atoms. The van der Waals surface area contributed by atoms with E-state index in [4.69, 9.17) is 5.73 Å². The summed E-state index contributed by atoms with van der Waals surface area (Å²) < 4.78 is 1.18. The van der Waals surface area contributed by atoms with E-state index in [-0.39, 0.29) is 29.4 Å². The van der Waals surface area contributed by atoms with Crippen LogP contribution in [0.5, 0.6) is 0 Å². The molecule has 3 heterocycles. The van der Waals surface area contributed by atoms with Gasteiger partial charge in [0, 0.05) is 24.8 Å². The van der Waals surface area contributed by atoms with Crippen molar-refractivity contribution in [2.45, 2.75) is 0 Å². The Morgan fingerprint density at radius 2 is 1.65 bits per heavy atom. The highest BCUT2D eigenvalue weighted by Crippen LogP contribution is 2.24. The minimum absolute atomic E-state index is 0.00591. The summed E-state index contributed by atoms with van der Waals surface area (Å²) in [5.41, 5.74) is 6.80. The average Bonchev–Trinajstić information content (AvgIpc) is 2.89. The highest BCUT2D eigenvalue weighted by molar-refractivity contribution is 6.23. The van der Waals surface area contributed by atoms with Gasteiger partial charge in [0.1, 0.15) is 5.82 Å². The van der Waals surface area contributed by atoms with E-state index in [0.29, 0.717) is 18.8 Å². The Balaban J connectivity index is 1.74. The molecule has 26 heavy (non-hydrogen) atoms. The van der Waals surface area contributed by atoms with E-state index in [1.165, 1.54) is 4.57 Å². The summed E-state index contributed by atoms with van der Waals surface area (Å²) in [6, 6.07) is 8.02. The number of rotatable bonds is 2. The largest absolute Gasteiger partial charge is 0.384 e. The fraction of sp³-hybridized carbons (Fsp3) is 0.176. The lowest BCUT2D eigenvalue weighted by molar-refractivity contribution is -0.120. The van der Waals surface area contributed by atoms with E-state index >= 15 is 0 Å². The molecule has 0 atom stereocenters. The summed E-state index contributed by atoms with van der Waals surface area (Å²) in [5.74, 6) is -1.37. The molecular weight excluding hydrogens is 338 g/mol. The molecule has 0 saturated carbocycles. The molecular formula is C17H15N5O4. The second kappa shape index (κ2) is 5.73. The monoisotopic (exact) mass is 353 g/mol. The molecule has 1 fully saturated rings. The predicted octanol–water partition coefficient (Wildman–Crippen LogP) is -0.760. The van der Waals surface area contributed by atoms with Gasteiger partial charge in [0.25, 0.3) is 17.4 Å². The van der Waals surface area contributed by atoms with Crippen LogP contribution < -0.4 is 26.8 Å². The Hall–Kier alpha value is -3.62. The van der Waals surface area contributed by atoms with Crippen molar-refractivity contribution in [3.8, 4) is 5.69 Å². The van der Waals surface area contributed by atoms with Crippen LogP contribution in [0, 0.1) is 0 Å². The van der Waals surface area contributed by atoms with Crippen LogP contribution in [0.3, 0.4) is 0 Å². The van der Waals surface area contributed by atoms with Gasteiger partial charge in [-0.05, 0) is 24.3 Å². The van der Waals surface area contributed by atoms with Gasteiger partial charge >= 0.3 is 0 Å². The topological polar surface area (TPSA) is 127 Å². The number of pyridine rings is 1. The molecule has 3 amide bonds. The van der Waals surface area contributed by atoms with Gasteiger partial charge < -0.3 is 16.0 Å². The van der Waals surface area contributed by atoms with Crippen molar-refractivity contribution in [2.75, 3.05) is 30.3 Å². The first-order valence-corrected chi connectivity index (χ1v) is 7.99. The van der Waals surface area contributed by atoms with Crippen LogP contribution in [0.4, 0.5) is 11.5 Å². The molecule has 0 bridgehead atoms. The predicted molar refractivity (Wildman–Crippen MR) is 93.5 cm³/mol. The number of aromatic nitrogens is 1. The quantitative estimate of drug-likeness (QED) is 0.609. The molecule has 1 aromatic carbocycles. The number of benzene rings is 1. The van der Waals surface area contributed by atoms with Crippen molar-refractivity contribution in [1.82, 2.24) is 15.2 Å². The van der Waals surface area contributed by atoms with Gasteiger partial charge in [-0.1, -0.05) is 0 Å². The maximum absolute atomic E-state index is 12.4. The minimum Gasteiger partial charge on any atom is -0.384 e. The van der Waals surface area contributed by atoms with Crippen LogP contribution in [-0.4, -0.2) is 41.9 Å². The summed E-state index contributed by atoms with van der Waals surface area (Å²) in [6.07, 6.45) is 0. The Bertz CT molecular complexity index is 1010. The highest BCUT2D eigenvalue weighted by Gasteiger charge is 2.31. The second-order valence-electron chi connectivity index (χ2n) is 6.06. The van der Waals surface area contributed by atoms with Gasteiger partial charge in [-0.2, -0.15) is 0 Å². The van der Waals surface area contributed by atoms with Gasteiger partial charge in [0.2, 0.25) is 5.91 Å². The van der Waals surface area contributed by atoms with E-state index in [0.717, 1.165) is 11.8 Å². The van der Waals surface area contributed by atoms with Crippen LogP contribution in [0.25, 0.3) is 5.69 Å². The number of nitrogens with two attached hydrogens (primary N) is 1. The summed E-state index contributed by atoms with van der Waals surface area (Å²) in [5, 5.41) is 4.89. The fourth-order valence-corrected chi connectivity index (χ4v) is 3.22. The molecule has 0 radical (unpaired) electrons. The first-order valence-electron chi connectivity index (χ1n) is 7.99. The SMILES string of the molecule is Nc1c2c(cc(=O)n1-c1ccc(N3CCNC(=O)C3)cc1)C(=O)NC2=O. The first-order chi connectivity index (χ1) is 12.5. The molecule has 4 N–H and O–H groups in total. The van der Waals surface area contributed by atoms with Crippen molar-refractivity contribution < 1.29 is 14.4 Å². The van der Waals surface area contributed by atoms with Crippen LogP contribution in [0.1, 0.15) is 20.7 Å². The number of carbonyl (C=O) groups is 3. The Kier molecular flexibility index (Phi) is 3.50. The van der Waals surface area contributed by atoms with Crippen LogP contribution in [-0.2, 0) is 4.79 Å². The molecule has 132 valence electrons. The van der Waals surface area contributed by atoms with Crippen LogP contribution in [0.15, 0.2) is 35.1 Å². The zero-order valence-electron chi connectivity index (χ0n) is 13.6. The Labute approximate surface area is 147 Å². The van der Waals surface area contributed by atoms with Gasteiger partial charge in [0.15, 0.2) is 0 Å². The number of imide groups is 1. The fourth-order valence-electron chi connectivity index (χ4n) is 3.22. The molecule has 0 aliphatic carbocycles. The van der Waals surface area contributed by atoms with Crippen LogP contribution in [0.2, 0.25) is 0 Å². The van der Waals surface area contributed by atoms with Crippen molar-refractivity contribution in [1.29, 1.82) is 0 Å². The molecule has 1 saturated heterocycles. The van der Waals surface area contributed by atoms with E-state index in [9.17, 15) is 19.2 Å². The van der Waals surface area contributed by atoms with E-state index in [1.807, 2.05) is 4.90 Å². The van der Waals surface area contributed by atoms with Gasteiger partial charge in [-0.25, -0.2) is 0 Å². The number of piperazine rings is 1. The summed E-state index contributed by atoms with van der Waals surface area (Å²) in [4.78, 5) is 49.5. The zero-order chi connectivity index (χ0) is 18.4. The maximum Gasteiger partial charge on any atom is 0.262 e. The summed E-state index contributed by atoms with van der Waals surface area (Å²) >= 11 is 0. The van der Waals surface area contributed by atoms with E-state index < -0.39 is 17.4 Å². The number of carbonyl (C=O) groups excluding carboxylic acids is 3. The van der Waals surface area contributed by atoms with Crippen molar-refractivity contribution >= 4 is 29.2 Å². The van der Waals surface area contributed by atoms with Gasteiger partial charge in [-0.3, -0.25) is 29.1 Å². The third-order valence-electron chi connectivity index (χ3n) is 4.46. The Morgan fingerprint density at radius 1 is 0.962 bits per heavy atom. The highest BCUT2D eigenvalue weighted by atomic mass is 16.2. The molecule has 4 rings (SSSR count). The first kappa shape index (κ1) is 15.9. The number of amides is 3. The van der Waals surface area contributed by atoms with Gasteiger partial charge in [-0.15, -0.1) is 0 Å². The zero-order valence-corrected chi connectivity index (χ0v) is 13.6. The molecule has 1 aromatic heterocycles. The van der Waals surface area contributed by atoms with Gasteiger partial charge in [0.05, 0.1) is 23.4 Å². The number of nitrogens with one attached hydrogen (secondary N) is 2. The third kappa shape index (κ3) is 2.41. The molecule has 2 aromatic rings. The molecule has 9 nitrogen and oxygen atoms in total. The summed E-state index contributed by atoms with van der Waals surface area (Å²) in [7, 11) is 0. The lowest BCUT2D eigenvalue weighted by atomic mass is 10.1. The molecule has 2 aliphatic heterocycles. The number of hydrogen-bond acceptors (Lipinski definition) is 6. The average molecular weight is 353 g/mol. The van der Waals surface area contributed by atoms with Crippen LogP contribution >= 0.6 is 0 Å². The van der Waals surface area contributed by atoms with E-state index in [1.54, 1.807) is 24.3 Å². The molecule has 0 unspecified atom stereocenters. The minimum atomic E-state index is -0.625. The normalized spacial score (nSPS) is 16.3. The maximum atomic E-state index is 12.4. The molecule has 9 heteroatoms. The van der Waals surface area contributed by atoms with Crippen molar-refractivity contribution in [2.24, 2.45) is 0 Å². The second-order valence-corrected chi connectivity index (χ2v) is 6.06. The third-order valence-corrected chi connectivity index (χ3v) is 4.46.